The van der Waals surface area contributed by atoms with Gasteiger partial charge in [0.25, 0.3) is 10.0 Å². The molecule has 0 aliphatic carbocycles. The molecule has 2 rings (SSSR count). The normalized spacial score (nSPS) is 11.6. The van der Waals surface area contributed by atoms with E-state index in [4.69, 9.17) is 0 Å². The molecule has 2 heterocycles. The number of sulfonamides is 1. The van der Waals surface area contributed by atoms with Crippen LogP contribution in [0, 0.1) is 0 Å². The highest BCUT2D eigenvalue weighted by Gasteiger charge is 2.17. The van der Waals surface area contributed by atoms with Gasteiger partial charge in [-0.1, -0.05) is 6.92 Å². The van der Waals surface area contributed by atoms with Gasteiger partial charge in [0.2, 0.25) is 0 Å². The minimum absolute atomic E-state index is 0.299. The van der Waals surface area contributed by atoms with Crippen LogP contribution in [0.4, 0.5) is 11.5 Å². The predicted octanol–water partition coefficient (Wildman–Crippen LogP) is 3.33. The van der Waals surface area contributed by atoms with Crippen molar-refractivity contribution in [3.8, 4) is 0 Å². The standard InChI is InChI=1S/C14H19N3O2S2/c1-4-12-6-8-14(20-12)21(18,19)17-13-7-5-11(9-15-13)16-10(2)3/h5-10,16H,4H2,1-3H3,(H,15,17). The second-order valence-electron chi connectivity index (χ2n) is 4.91. The summed E-state index contributed by atoms with van der Waals surface area (Å²) in [6.45, 7) is 6.05. The average Bonchev–Trinajstić information content (AvgIpc) is 2.90. The summed E-state index contributed by atoms with van der Waals surface area (Å²) in [7, 11) is -3.55. The molecule has 2 aromatic heterocycles. The Bertz CT molecular complexity index is 691. The third-order valence-electron chi connectivity index (χ3n) is 2.71. The second kappa shape index (κ2) is 6.44. The van der Waals surface area contributed by atoms with Crippen molar-refractivity contribution in [1.29, 1.82) is 0 Å². The van der Waals surface area contributed by atoms with Gasteiger partial charge < -0.3 is 5.32 Å². The Morgan fingerprint density at radius 2 is 2.00 bits per heavy atom. The first-order valence-corrected chi connectivity index (χ1v) is 9.05. The molecule has 0 unspecified atom stereocenters. The first kappa shape index (κ1) is 15.8. The maximum Gasteiger partial charge on any atom is 0.272 e. The van der Waals surface area contributed by atoms with Gasteiger partial charge in [-0.25, -0.2) is 13.4 Å². The van der Waals surface area contributed by atoms with E-state index in [1.807, 2.05) is 26.8 Å². The van der Waals surface area contributed by atoms with Gasteiger partial charge in [0, 0.05) is 10.9 Å². The van der Waals surface area contributed by atoms with Crippen molar-refractivity contribution in [2.24, 2.45) is 0 Å². The molecule has 0 aliphatic heterocycles. The van der Waals surface area contributed by atoms with Crippen LogP contribution in [0.15, 0.2) is 34.7 Å². The first-order valence-electron chi connectivity index (χ1n) is 6.75. The zero-order valence-electron chi connectivity index (χ0n) is 12.3. The molecular formula is C14H19N3O2S2. The zero-order chi connectivity index (χ0) is 15.5. The van der Waals surface area contributed by atoms with E-state index in [0.717, 1.165) is 17.0 Å². The number of hydrogen-bond donors (Lipinski definition) is 2. The van der Waals surface area contributed by atoms with E-state index in [-0.39, 0.29) is 0 Å². The average molecular weight is 325 g/mol. The molecule has 0 aromatic carbocycles. The van der Waals surface area contributed by atoms with Crippen molar-refractivity contribution in [3.63, 3.8) is 0 Å². The van der Waals surface area contributed by atoms with Gasteiger partial charge in [0.15, 0.2) is 0 Å². The highest BCUT2D eigenvalue weighted by molar-refractivity contribution is 7.94. The van der Waals surface area contributed by atoms with Gasteiger partial charge in [-0.15, -0.1) is 11.3 Å². The molecule has 0 amide bonds. The molecule has 0 spiro atoms. The monoisotopic (exact) mass is 325 g/mol. The number of nitrogens with one attached hydrogen (secondary N) is 2. The van der Waals surface area contributed by atoms with Crippen LogP contribution >= 0.6 is 11.3 Å². The maximum absolute atomic E-state index is 12.2. The molecule has 0 atom stereocenters. The van der Waals surface area contributed by atoms with Crippen molar-refractivity contribution >= 4 is 32.9 Å². The largest absolute Gasteiger partial charge is 0.382 e. The topological polar surface area (TPSA) is 71.1 Å². The summed E-state index contributed by atoms with van der Waals surface area (Å²) in [5, 5.41) is 3.20. The van der Waals surface area contributed by atoms with E-state index >= 15 is 0 Å². The Hall–Kier alpha value is -1.60. The van der Waals surface area contributed by atoms with Gasteiger partial charge in [-0.3, -0.25) is 4.72 Å². The number of hydrogen-bond acceptors (Lipinski definition) is 5. The van der Waals surface area contributed by atoms with Gasteiger partial charge in [0.05, 0.1) is 11.9 Å². The number of pyridine rings is 1. The van der Waals surface area contributed by atoms with E-state index in [2.05, 4.69) is 15.0 Å². The Kier molecular flexibility index (Phi) is 4.84. The number of thiophene rings is 1. The van der Waals surface area contributed by atoms with Crippen molar-refractivity contribution in [2.45, 2.75) is 37.4 Å². The summed E-state index contributed by atoms with van der Waals surface area (Å²) < 4.78 is 27.3. The highest BCUT2D eigenvalue weighted by atomic mass is 32.2. The molecule has 0 saturated heterocycles. The lowest BCUT2D eigenvalue weighted by Crippen LogP contribution is -2.13. The molecule has 0 aliphatic rings. The van der Waals surface area contributed by atoms with Crippen LogP contribution in [0.2, 0.25) is 0 Å². The summed E-state index contributed by atoms with van der Waals surface area (Å²) in [5.41, 5.74) is 0.859. The summed E-state index contributed by atoms with van der Waals surface area (Å²) in [4.78, 5) is 5.16. The van der Waals surface area contributed by atoms with Crippen molar-refractivity contribution in [2.75, 3.05) is 10.0 Å². The fourth-order valence-corrected chi connectivity index (χ4v) is 4.06. The fourth-order valence-electron chi connectivity index (χ4n) is 1.75. The summed E-state index contributed by atoms with van der Waals surface area (Å²) in [6.07, 6.45) is 2.44. The Morgan fingerprint density at radius 1 is 1.24 bits per heavy atom. The van der Waals surface area contributed by atoms with Crippen LogP contribution in [0.3, 0.4) is 0 Å². The molecule has 2 N–H and O–H groups in total. The fraction of sp³-hybridized carbons (Fsp3) is 0.357. The zero-order valence-corrected chi connectivity index (χ0v) is 13.9. The molecule has 0 radical (unpaired) electrons. The highest BCUT2D eigenvalue weighted by Crippen LogP contribution is 2.24. The molecule has 5 nitrogen and oxygen atoms in total. The second-order valence-corrected chi connectivity index (χ2v) is 7.99. The lowest BCUT2D eigenvalue weighted by atomic mass is 10.3. The van der Waals surface area contributed by atoms with E-state index in [1.165, 1.54) is 11.3 Å². The molecule has 21 heavy (non-hydrogen) atoms. The number of aromatic nitrogens is 1. The summed E-state index contributed by atoms with van der Waals surface area (Å²) in [6, 6.07) is 7.21. The Labute approximate surface area is 129 Å². The number of nitrogens with zero attached hydrogens (tertiary/aromatic N) is 1. The number of anilines is 2. The van der Waals surface area contributed by atoms with E-state index < -0.39 is 10.0 Å². The molecule has 7 heteroatoms. The summed E-state index contributed by atoms with van der Waals surface area (Å²) in [5.74, 6) is 0.316. The van der Waals surface area contributed by atoms with E-state index in [1.54, 1.807) is 24.4 Å². The first-order chi connectivity index (χ1) is 9.90. The van der Waals surface area contributed by atoms with Crippen LogP contribution < -0.4 is 10.0 Å². The lowest BCUT2D eigenvalue weighted by molar-refractivity contribution is 0.603. The van der Waals surface area contributed by atoms with Gasteiger partial charge in [-0.05, 0) is 44.5 Å². The van der Waals surface area contributed by atoms with Crippen LogP contribution in [-0.4, -0.2) is 19.4 Å². The van der Waals surface area contributed by atoms with Crippen LogP contribution in [-0.2, 0) is 16.4 Å². The molecule has 0 bridgehead atoms. The van der Waals surface area contributed by atoms with Crippen molar-refractivity contribution in [3.05, 3.63) is 35.3 Å². The van der Waals surface area contributed by atoms with Crippen LogP contribution in [0.25, 0.3) is 0 Å². The smallest absolute Gasteiger partial charge is 0.272 e. The molecular weight excluding hydrogens is 306 g/mol. The van der Waals surface area contributed by atoms with Crippen molar-refractivity contribution in [1.82, 2.24) is 4.98 Å². The quantitative estimate of drug-likeness (QED) is 0.854. The SMILES string of the molecule is CCc1ccc(S(=O)(=O)Nc2ccc(NC(C)C)cn2)s1. The maximum atomic E-state index is 12.2. The Balaban J connectivity index is 2.13. The third-order valence-corrected chi connectivity index (χ3v) is 5.78. The minimum atomic E-state index is -3.55. The molecule has 114 valence electrons. The van der Waals surface area contributed by atoms with Gasteiger partial charge >= 0.3 is 0 Å². The minimum Gasteiger partial charge on any atom is -0.382 e. The Morgan fingerprint density at radius 3 is 2.52 bits per heavy atom. The molecule has 0 fully saturated rings. The summed E-state index contributed by atoms with van der Waals surface area (Å²) >= 11 is 1.28. The molecule has 2 aromatic rings. The predicted molar refractivity (Wildman–Crippen MR) is 87.5 cm³/mol. The lowest BCUT2D eigenvalue weighted by Gasteiger charge is -2.10. The van der Waals surface area contributed by atoms with Gasteiger partial charge in [-0.2, -0.15) is 0 Å². The number of rotatable bonds is 6. The van der Waals surface area contributed by atoms with Crippen LogP contribution in [0.5, 0.6) is 0 Å². The van der Waals surface area contributed by atoms with Gasteiger partial charge in [0.1, 0.15) is 10.0 Å². The molecule has 0 saturated carbocycles. The third kappa shape index (κ3) is 4.18. The van der Waals surface area contributed by atoms with E-state index in [9.17, 15) is 8.42 Å². The number of aryl methyl sites for hydroxylation is 1. The van der Waals surface area contributed by atoms with Crippen LogP contribution in [0.1, 0.15) is 25.6 Å². The van der Waals surface area contributed by atoms with Crippen molar-refractivity contribution < 1.29 is 8.42 Å². The van der Waals surface area contributed by atoms with E-state index in [0.29, 0.717) is 16.1 Å².